The number of rotatable bonds is 7. The summed E-state index contributed by atoms with van der Waals surface area (Å²) in [6.07, 6.45) is 6.58. The van der Waals surface area contributed by atoms with Crippen molar-refractivity contribution in [3.63, 3.8) is 0 Å². The van der Waals surface area contributed by atoms with E-state index in [9.17, 15) is 9.59 Å². The average molecular weight is 660 g/mol. The van der Waals surface area contributed by atoms with Crippen molar-refractivity contribution in [2.45, 2.75) is 96.0 Å². The maximum absolute atomic E-state index is 13.6. The second kappa shape index (κ2) is 13.8. The van der Waals surface area contributed by atoms with Gasteiger partial charge in [0.1, 0.15) is 0 Å². The van der Waals surface area contributed by atoms with E-state index in [0.717, 1.165) is 61.8 Å². The van der Waals surface area contributed by atoms with Gasteiger partial charge in [0.2, 0.25) is 5.91 Å². The summed E-state index contributed by atoms with van der Waals surface area (Å²) < 4.78 is 12.2. The van der Waals surface area contributed by atoms with Crippen molar-refractivity contribution in [1.29, 1.82) is 0 Å². The molecular formula is C35H48Cl2N2O4Si. The molecule has 2 heterocycles. The lowest BCUT2D eigenvalue weighted by Crippen LogP contribution is -2.47. The Labute approximate surface area is 274 Å². The van der Waals surface area contributed by atoms with Gasteiger partial charge in [0.25, 0.3) is 5.91 Å². The molecule has 2 amide bonds. The Kier molecular flexibility index (Phi) is 10.5. The third-order valence-corrected chi connectivity index (χ3v) is 15.5. The highest BCUT2D eigenvalue weighted by Gasteiger charge is 2.42. The average Bonchev–Trinajstić information content (AvgIpc) is 3.15. The van der Waals surface area contributed by atoms with Crippen molar-refractivity contribution in [1.82, 2.24) is 9.80 Å². The number of halogens is 2. The van der Waals surface area contributed by atoms with Crippen LogP contribution in [0, 0.1) is 5.92 Å². The Bertz CT molecular complexity index is 1300. The summed E-state index contributed by atoms with van der Waals surface area (Å²) >= 11 is 13.6. The Morgan fingerprint density at radius 2 is 1.59 bits per heavy atom. The van der Waals surface area contributed by atoms with Crippen LogP contribution in [0.4, 0.5) is 0 Å². The second-order valence-corrected chi connectivity index (χ2v) is 19.9. The van der Waals surface area contributed by atoms with Gasteiger partial charge in [-0.3, -0.25) is 9.59 Å². The minimum Gasteiger partial charge on any atom is -0.414 e. The molecule has 1 atom stereocenters. The molecule has 1 aliphatic carbocycles. The summed E-state index contributed by atoms with van der Waals surface area (Å²) in [6, 6.07) is 11.7. The van der Waals surface area contributed by atoms with Crippen molar-refractivity contribution in [2.75, 3.05) is 32.8 Å². The molecule has 44 heavy (non-hydrogen) atoms. The summed E-state index contributed by atoms with van der Waals surface area (Å²) in [6.45, 7) is 14.9. The molecule has 2 aromatic rings. The number of nitrogens with zero attached hydrogens (tertiary/aromatic N) is 2. The fourth-order valence-corrected chi connectivity index (χ4v) is 8.60. The first-order chi connectivity index (χ1) is 20.8. The van der Waals surface area contributed by atoms with Crippen molar-refractivity contribution in [3.05, 3.63) is 57.6 Å². The number of likely N-dealkylation sites (tertiary alicyclic amines) is 1. The summed E-state index contributed by atoms with van der Waals surface area (Å²) in [5.74, 6) is 0.147. The lowest BCUT2D eigenvalue weighted by Gasteiger charge is -2.42. The zero-order valence-corrected chi connectivity index (χ0v) is 29.5. The molecule has 0 spiro atoms. The Morgan fingerprint density at radius 3 is 2.23 bits per heavy atom. The second-order valence-electron chi connectivity index (χ2n) is 14.3. The number of carbonyl (C=O) groups excluding carboxylic acids is 2. The van der Waals surface area contributed by atoms with E-state index in [-0.39, 0.29) is 22.8 Å². The predicted octanol–water partition coefficient (Wildman–Crippen LogP) is 8.25. The van der Waals surface area contributed by atoms with Crippen molar-refractivity contribution < 1.29 is 18.8 Å². The van der Waals surface area contributed by atoms with Crippen LogP contribution in [0.3, 0.4) is 0 Å². The largest absolute Gasteiger partial charge is 0.414 e. The summed E-state index contributed by atoms with van der Waals surface area (Å²) in [5.41, 5.74) is 3.32. The fraction of sp³-hybridized carbons (Fsp3) is 0.600. The van der Waals surface area contributed by atoms with E-state index in [1.165, 1.54) is 0 Å². The van der Waals surface area contributed by atoms with Gasteiger partial charge in [-0.2, -0.15) is 0 Å². The highest BCUT2D eigenvalue weighted by atomic mass is 35.5. The summed E-state index contributed by atoms with van der Waals surface area (Å²) in [5, 5.41) is 1.36. The zero-order chi connectivity index (χ0) is 31.6. The third-order valence-electron chi connectivity index (χ3n) is 10.3. The Hall–Kier alpha value is -1.90. The first kappa shape index (κ1) is 33.5. The first-order valence-electron chi connectivity index (χ1n) is 16.3. The Morgan fingerprint density at radius 1 is 0.932 bits per heavy atom. The van der Waals surface area contributed by atoms with Crippen LogP contribution < -0.4 is 0 Å². The summed E-state index contributed by atoms with van der Waals surface area (Å²) in [4.78, 5) is 30.5. The number of carbonyl (C=O) groups is 2. The molecule has 0 aromatic heterocycles. The molecule has 0 N–H and O–H groups in total. The molecule has 2 aromatic carbocycles. The number of hydrogen-bond acceptors (Lipinski definition) is 4. The van der Waals surface area contributed by atoms with Crippen LogP contribution in [0.25, 0.3) is 11.1 Å². The quantitative estimate of drug-likeness (QED) is 0.281. The van der Waals surface area contributed by atoms with Gasteiger partial charge in [-0.05, 0) is 104 Å². The van der Waals surface area contributed by atoms with Crippen LogP contribution in [0.2, 0.25) is 28.2 Å². The van der Waals surface area contributed by atoms with E-state index in [1.807, 2.05) is 41.3 Å². The lowest BCUT2D eigenvalue weighted by molar-refractivity contribution is -0.133. The van der Waals surface area contributed by atoms with Crippen molar-refractivity contribution in [3.8, 4) is 11.1 Å². The molecule has 240 valence electrons. The van der Waals surface area contributed by atoms with Crippen molar-refractivity contribution in [2.24, 2.45) is 5.92 Å². The van der Waals surface area contributed by atoms with Gasteiger partial charge in [0.05, 0.1) is 6.61 Å². The van der Waals surface area contributed by atoms with Crippen LogP contribution in [-0.2, 0) is 20.4 Å². The molecule has 0 radical (unpaired) electrons. The molecule has 2 saturated heterocycles. The number of amides is 2. The highest BCUT2D eigenvalue weighted by Crippen LogP contribution is 2.41. The van der Waals surface area contributed by atoms with Gasteiger partial charge < -0.3 is 19.0 Å². The molecule has 1 saturated carbocycles. The molecule has 9 heteroatoms. The van der Waals surface area contributed by atoms with E-state index in [0.29, 0.717) is 60.5 Å². The van der Waals surface area contributed by atoms with E-state index < -0.39 is 8.32 Å². The van der Waals surface area contributed by atoms with Gasteiger partial charge in [-0.15, -0.1) is 0 Å². The molecular weight excluding hydrogens is 611 g/mol. The molecule has 3 fully saturated rings. The molecule has 1 unspecified atom stereocenters. The van der Waals surface area contributed by atoms with Gasteiger partial charge in [-0.1, -0.05) is 56.1 Å². The van der Waals surface area contributed by atoms with Gasteiger partial charge in [-0.25, -0.2) is 0 Å². The minimum absolute atomic E-state index is 0.0243. The smallest absolute Gasteiger partial charge is 0.253 e. The van der Waals surface area contributed by atoms with E-state index in [1.54, 1.807) is 0 Å². The van der Waals surface area contributed by atoms with Crippen LogP contribution in [0.5, 0.6) is 0 Å². The van der Waals surface area contributed by atoms with E-state index in [4.69, 9.17) is 32.4 Å². The highest BCUT2D eigenvalue weighted by molar-refractivity contribution is 6.74. The SMILES string of the molecule is CC(C)(C)[Si](C)(C)OC1CCC(N2CCC(Cc3c(Cl)cc(-c4ccc(C(=O)N5CCCOCC5)cc4)cc3Cl)C2=O)CC1. The summed E-state index contributed by atoms with van der Waals surface area (Å²) in [7, 11) is -1.79. The van der Waals surface area contributed by atoms with Crippen LogP contribution in [0.1, 0.15) is 75.2 Å². The van der Waals surface area contributed by atoms with E-state index >= 15 is 0 Å². The van der Waals surface area contributed by atoms with Crippen LogP contribution in [0.15, 0.2) is 36.4 Å². The number of ether oxygens (including phenoxy) is 1. The first-order valence-corrected chi connectivity index (χ1v) is 19.9. The molecule has 5 rings (SSSR count). The minimum atomic E-state index is -1.79. The molecule has 6 nitrogen and oxygen atoms in total. The van der Waals surface area contributed by atoms with Crippen LogP contribution in [-0.4, -0.2) is 74.9 Å². The van der Waals surface area contributed by atoms with Gasteiger partial charge in [0.15, 0.2) is 8.32 Å². The number of hydrogen-bond donors (Lipinski definition) is 0. The lowest BCUT2D eigenvalue weighted by atomic mass is 9.92. The molecule has 2 aliphatic heterocycles. The maximum Gasteiger partial charge on any atom is 0.253 e. The normalized spacial score (nSPS) is 23.6. The standard InChI is InChI=1S/C35H48Cl2N2O4Si/c1-35(2,3)44(4,5)43-29-13-11-28(12-14-29)39-17-15-26(34(39)41)21-30-31(36)22-27(23-32(30)37)24-7-9-25(10-8-24)33(40)38-16-6-19-42-20-18-38/h7-10,22-23,26,28-29H,6,11-21H2,1-5H3. The topological polar surface area (TPSA) is 59.1 Å². The monoisotopic (exact) mass is 658 g/mol. The third kappa shape index (κ3) is 7.55. The molecule has 0 bridgehead atoms. The zero-order valence-electron chi connectivity index (χ0n) is 27.0. The Balaban J connectivity index is 1.18. The number of benzene rings is 2. The van der Waals surface area contributed by atoms with E-state index in [2.05, 4.69) is 38.8 Å². The predicted molar refractivity (Wildman–Crippen MR) is 181 cm³/mol. The van der Waals surface area contributed by atoms with Gasteiger partial charge in [0, 0.05) is 59.9 Å². The van der Waals surface area contributed by atoms with Crippen LogP contribution >= 0.6 is 23.2 Å². The molecule has 3 aliphatic rings. The maximum atomic E-state index is 13.6. The van der Waals surface area contributed by atoms with Gasteiger partial charge >= 0.3 is 0 Å². The fourth-order valence-electron chi connectivity index (χ4n) is 6.53. The van der Waals surface area contributed by atoms with Crippen molar-refractivity contribution >= 4 is 43.3 Å².